The molecule has 0 bridgehead atoms. The molecule has 0 aliphatic heterocycles. The van der Waals surface area contributed by atoms with Gasteiger partial charge in [0, 0.05) is 35.6 Å². The average molecular weight is 301 g/mol. The molecule has 2 aromatic rings. The lowest BCUT2D eigenvalue weighted by molar-refractivity contribution is -0.114. The molecule has 5 nitrogen and oxygen atoms in total. The van der Waals surface area contributed by atoms with Crippen LogP contribution in [0.2, 0.25) is 0 Å². The van der Waals surface area contributed by atoms with Crippen molar-refractivity contribution in [1.29, 1.82) is 0 Å². The number of benzene rings is 1. The monoisotopic (exact) mass is 301 g/mol. The molecule has 2 amide bonds. The van der Waals surface area contributed by atoms with E-state index in [1.807, 2.05) is 24.3 Å². The van der Waals surface area contributed by atoms with Crippen molar-refractivity contribution >= 4 is 35.0 Å². The van der Waals surface area contributed by atoms with Crippen LogP contribution in [0.5, 0.6) is 0 Å². The van der Waals surface area contributed by atoms with Crippen molar-refractivity contribution in [3.63, 3.8) is 0 Å². The summed E-state index contributed by atoms with van der Waals surface area (Å²) >= 11 is 1.41. The molecule has 2 N–H and O–H groups in total. The second-order valence-corrected chi connectivity index (χ2v) is 5.33. The molecule has 2 rings (SSSR count). The Bertz CT molecular complexity index is 632. The smallest absolute Gasteiger partial charge is 0.234 e. The van der Waals surface area contributed by atoms with Crippen LogP contribution < -0.4 is 10.6 Å². The summed E-state index contributed by atoms with van der Waals surface area (Å²) in [6.07, 6.45) is 3.25. The van der Waals surface area contributed by atoms with E-state index in [-0.39, 0.29) is 11.8 Å². The van der Waals surface area contributed by atoms with E-state index in [0.717, 1.165) is 16.3 Å². The molecule has 0 aliphatic carbocycles. The maximum absolute atomic E-state index is 11.8. The Kier molecular flexibility index (Phi) is 5.34. The van der Waals surface area contributed by atoms with E-state index in [1.165, 1.54) is 18.7 Å². The van der Waals surface area contributed by atoms with E-state index in [4.69, 9.17) is 0 Å². The fourth-order valence-electron chi connectivity index (χ4n) is 1.65. The first-order valence-electron chi connectivity index (χ1n) is 6.34. The van der Waals surface area contributed by atoms with E-state index in [1.54, 1.807) is 24.5 Å². The van der Waals surface area contributed by atoms with Gasteiger partial charge in [0.1, 0.15) is 0 Å². The average Bonchev–Trinajstić information content (AvgIpc) is 2.46. The Morgan fingerprint density at radius 2 is 1.86 bits per heavy atom. The molecular formula is C15H15N3O2S. The number of rotatable bonds is 5. The summed E-state index contributed by atoms with van der Waals surface area (Å²) in [5.74, 6) is 0.0926. The number of thioether (sulfide) groups is 1. The normalized spacial score (nSPS) is 9.95. The third-order valence-electron chi connectivity index (χ3n) is 2.49. The van der Waals surface area contributed by atoms with Gasteiger partial charge in [0.25, 0.3) is 0 Å². The van der Waals surface area contributed by atoms with Crippen molar-refractivity contribution in [1.82, 2.24) is 4.98 Å². The molecule has 1 aromatic carbocycles. The second kappa shape index (κ2) is 7.44. The highest BCUT2D eigenvalue weighted by atomic mass is 32.2. The molecular weight excluding hydrogens is 286 g/mol. The first kappa shape index (κ1) is 15.1. The minimum Gasteiger partial charge on any atom is -0.326 e. The highest BCUT2D eigenvalue weighted by molar-refractivity contribution is 8.00. The lowest BCUT2D eigenvalue weighted by Gasteiger charge is -2.06. The molecule has 0 radical (unpaired) electrons. The molecule has 0 atom stereocenters. The number of anilines is 2. The zero-order chi connectivity index (χ0) is 15.1. The van der Waals surface area contributed by atoms with Crippen LogP contribution in [-0.2, 0) is 9.59 Å². The zero-order valence-electron chi connectivity index (χ0n) is 11.5. The number of hydrogen-bond donors (Lipinski definition) is 2. The molecule has 0 unspecified atom stereocenters. The van der Waals surface area contributed by atoms with Crippen molar-refractivity contribution in [3.05, 3.63) is 48.8 Å². The van der Waals surface area contributed by atoms with Gasteiger partial charge in [-0.3, -0.25) is 14.6 Å². The summed E-state index contributed by atoms with van der Waals surface area (Å²) in [6, 6.07) is 10.9. The van der Waals surface area contributed by atoms with Crippen LogP contribution >= 0.6 is 11.8 Å². The van der Waals surface area contributed by atoms with Gasteiger partial charge in [0.15, 0.2) is 0 Å². The number of nitrogens with one attached hydrogen (secondary N) is 2. The third-order valence-corrected chi connectivity index (χ3v) is 3.48. The van der Waals surface area contributed by atoms with Crippen molar-refractivity contribution in [3.8, 4) is 0 Å². The lowest BCUT2D eigenvalue weighted by atomic mass is 10.3. The SMILES string of the molecule is CC(=O)Nc1cccc(SCC(=O)Nc2ccncc2)c1. The van der Waals surface area contributed by atoms with Gasteiger partial charge in [0.2, 0.25) is 11.8 Å². The number of pyridine rings is 1. The molecule has 21 heavy (non-hydrogen) atoms. The van der Waals surface area contributed by atoms with Crippen LogP contribution in [0.25, 0.3) is 0 Å². The molecule has 1 heterocycles. The summed E-state index contributed by atoms with van der Waals surface area (Å²) in [5.41, 5.74) is 1.45. The van der Waals surface area contributed by atoms with Gasteiger partial charge in [-0.15, -0.1) is 11.8 Å². The zero-order valence-corrected chi connectivity index (χ0v) is 12.3. The van der Waals surface area contributed by atoms with Crippen LogP contribution in [0.3, 0.4) is 0 Å². The number of hydrogen-bond acceptors (Lipinski definition) is 4. The van der Waals surface area contributed by atoms with Crippen LogP contribution in [0.4, 0.5) is 11.4 Å². The minimum atomic E-state index is -0.118. The minimum absolute atomic E-state index is 0.0869. The van der Waals surface area contributed by atoms with E-state index in [2.05, 4.69) is 15.6 Å². The first-order valence-corrected chi connectivity index (χ1v) is 7.32. The Labute approximate surface area is 127 Å². The van der Waals surface area contributed by atoms with Crippen LogP contribution in [-0.4, -0.2) is 22.6 Å². The van der Waals surface area contributed by atoms with Crippen molar-refractivity contribution in [2.75, 3.05) is 16.4 Å². The third kappa shape index (κ3) is 5.27. The summed E-state index contributed by atoms with van der Waals surface area (Å²) in [4.78, 5) is 27.6. The predicted molar refractivity (Wildman–Crippen MR) is 84.3 cm³/mol. The van der Waals surface area contributed by atoms with Gasteiger partial charge in [-0.05, 0) is 30.3 Å². The maximum Gasteiger partial charge on any atom is 0.234 e. The highest BCUT2D eigenvalue weighted by Crippen LogP contribution is 2.21. The number of carbonyl (C=O) groups excluding carboxylic acids is 2. The maximum atomic E-state index is 11.8. The fraction of sp³-hybridized carbons (Fsp3) is 0.133. The number of aromatic nitrogens is 1. The molecule has 0 saturated carbocycles. The predicted octanol–water partition coefficient (Wildman–Crippen LogP) is 2.77. The highest BCUT2D eigenvalue weighted by Gasteiger charge is 2.04. The molecule has 0 fully saturated rings. The molecule has 6 heteroatoms. The summed E-state index contributed by atoms with van der Waals surface area (Å²) in [6.45, 7) is 1.46. The van der Waals surface area contributed by atoms with Crippen LogP contribution in [0, 0.1) is 0 Å². The molecule has 0 aliphatic rings. The standard InChI is InChI=1S/C15H15N3O2S/c1-11(19)17-13-3-2-4-14(9-13)21-10-15(20)18-12-5-7-16-8-6-12/h2-9H,10H2,1H3,(H,17,19)(H,16,18,20). The first-order chi connectivity index (χ1) is 10.1. The Hall–Kier alpha value is -2.34. The Morgan fingerprint density at radius 3 is 2.57 bits per heavy atom. The lowest BCUT2D eigenvalue weighted by Crippen LogP contribution is -2.13. The van der Waals surface area contributed by atoms with Crippen molar-refractivity contribution in [2.24, 2.45) is 0 Å². The van der Waals surface area contributed by atoms with Crippen LogP contribution in [0.1, 0.15) is 6.92 Å². The molecule has 0 saturated heterocycles. The summed E-state index contributed by atoms with van der Waals surface area (Å²) < 4.78 is 0. The van der Waals surface area contributed by atoms with E-state index < -0.39 is 0 Å². The number of carbonyl (C=O) groups is 2. The molecule has 0 spiro atoms. The molecule has 108 valence electrons. The largest absolute Gasteiger partial charge is 0.326 e. The van der Waals surface area contributed by atoms with Gasteiger partial charge in [-0.1, -0.05) is 6.07 Å². The van der Waals surface area contributed by atoms with Gasteiger partial charge in [-0.25, -0.2) is 0 Å². The second-order valence-electron chi connectivity index (χ2n) is 4.28. The van der Waals surface area contributed by atoms with E-state index in [9.17, 15) is 9.59 Å². The van der Waals surface area contributed by atoms with Gasteiger partial charge < -0.3 is 10.6 Å². The van der Waals surface area contributed by atoms with Crippen LogP contribution in [0.15, 0.2) is 53.7 Å². The topological polar surface area (TPSA) is 71.1 Å². The summed E-state index contributed by atoms with van der Waals surface area (Å²) in [5, 5.41) is 5.50. The number of amides is 2. The Morgan fingerprint density at radius 1 is 1.10 bits per heavy atom. The van der Waals surface area contributed by atoms with Crippen molar-refractivity contribution < 1.29 is 9.59 Å². The van der Waals surface area contributed by atoms with E-state index >= 15 is 0 Å². The molecule has 1 aromatic heterocycles. The van der Waals surface area contributed by atoms with E-state index in [0.29, 0.717) is 5.75 Å². The van der Waals surface area contributed by atoms with Gasteiger partial charge >= 0.3 is 0 Å². The fourth-order valence-corrected chi connectivity index (χ4v) is 2.40. The van der Waals surface area contributed by atoms with Gasteiger partial charge in [-0.2, -0.15) is 0 Å². The quantitative estimate of drug-likeness (QED) is 0.833. The van der Waals surface area contributed by atoms with Crippen molar-refractivity contribution in [2.45, 2.75) is 11.8 Å². The van der Waals surface area contributed by atoms with Gasteiger partial charge in [0.05, 0.1) is 5.75 Å². The number of nitrogens with zero attached hydrogens (tertiary/aromatic N) is 1. The summed E-state index contributed by atoms with van der Waals surface area (Å²) in [7, 11) is 0. The Balaban J connectivity index is 1.88.